The molecule has 0 aliphatic carbocycles. The number of hydrogen-bond donors (Lipinski definition) is 0. The lowest BCUT2D eigenvalue weighted by atomic mass is 9.87. The van der Waals surface area contributed by atoms with Crippen molar-refractivity contribution in [3.05, 3.63) is 36.1 Å². The van der Waals surface area contributed by atoms with Gasteiger partial charge in [-0.2, -0.15) is 8.42 Å². The van der Waals surface area contributed by atoms with Crippen LogP contribution in [0.25, 0.3) is 0 Å². The molecule has 21 heavy (non-hydrogen) atoms. The van der Waals surface area contributed by atoms with E-state index in [1.165, 1.54) is 12.3 Å². The zero-order chi connectivity index (χ0) is 15.5. The van der Waals surface area contributed by atoms with Crippen molar-refractivity contribution in [1.29, 1.82) is 0 Å². The third-order valence-corrected chi connectivity index (χ3v) is 4.68. The largest absolute Gasteiger partial charge is 0.387 e. The average molecular weight is 307 g/mol. The van der Waals surface area contributed by atoms with Crippen molar-refractivity contribution in [3.63, 3.8) is 0 Å². The lowest BCUT2D eigenvalue weighted by Gasteiger charge is -2.16. The maximum atomic E-state index is 12.2. The minimum Gasteiger partial charge on any atom is -0.387 e. The average Bonchev–Trinajstić information content (AvgIpc) is 2.74. The van der Waals surface area contributed by atoms with E-state index in [1.807, 2.05) is 20.1 Å². The molecule has 0 N–H and O–H groups in total. The minimum absolute atomic E-state index is 0.167. The second-order valence-corrected chi connectivity index (χ2v) is 7.30. The van der Waals surface area contributed by atoms with Crippen LogP contribution in [-0.2, 0) is 19.7 Å². The number of fused-ring (bicyclic) bond motifs is 1. The van der Waals surface area contributed by atoms with Gasteiger partial charge >= 0.3 is 10.1 Å². The Kier molecular flexibility index (Phi) is 4.52. The highest BCUT2D eigenvalue weighted by Crippen LogP contribution is 2.37. The highest BCUT2D eigenvalue weighted by Gasteiger charge is 2.28. The summed E-state index contributed by atoms with van der Waals surface area (Å²) in [5.41, 5.74) is 1.47. The first-order chi connectivity index (χ1) is 9.87. The van der Waals surface area contributed by atoms with Crippen LogP contribution in [-0.4, -0.2) is 14.6 Å². The predicted molar refractivity (Wildman–Crippen MR) is 84.6 cm³/mol. The van der Waals surface area contributed by atoms with Crippen LogP contribution in [0.1, 0.15) is 45.6 Å². The van der Waals surface area contributed by atoms with Crippen molar-refractivity contribution in [2.24, 2.45) is 4.99 Å². The molecule has 1 aromatic carbocycles. The molecule has 0 fully saturated rings. The summed E-state index contributed by atoms with van der Waals surface area (Å²) in [6.07, 6.45) is 7.74. The Hall–Kier alpha value is -1.62. The van der Waals surface area contributed by atoms with Crippen LogP contribution in [0.5, 0.6) is 0 Å². The lowest BCUT2D eigenvalue weighted by Crippen LogP contribution is -2.15. The van der Waals surface area contributed by atoms with Gasteiger partial charge in [-0.05, 0) is 42.7 Å². The van der Waals surface area contributed by atoms with E-state index in [-0.39, 0.29) is 10.3 Å². The van der Waals surface area contributed by atoms with E-state index in [4.69, 9.17) is 4.18 Å². The van der Waals surface area contributed by atoms with E-state index >= 15 is 0 Å². The molecule has 1 aromatic rings. The molecule has 1 aliphatic rings. The van der Waals surface area contributed by atoms with Gasteiger partial charge in [0.2, 0.25) is 0 Å². The van der Waals surface area contributed by atoms with Crippen LogP contribution >= 0.6 is 0 Å². The van der Waals surface area contributed by atoms with Crippen LogP contribution in [0.15, 0.2) is 40.4 Å². The number of aliphatic imine (C=N–C) groups is 1. The van der Waals surface area contributed by atoms with Crippen molar-refractivity contribution in [2.75, 3.05) is 0 Å². The molecule has 0 saturated carbocycles. The summed E-state index contributed by atoms with van der Waals surface area (Å²) in [6.45, 7) is 6.09. The van der Waals surface area contributed by atoms with E-state index in [0.29, 0.717) is 0 Å². The quantitative estimate of drug-likeness (QED) is 0.452. The van der Waals surface area contributed by atoms with E-state index < -0.39 is 10.1 Å². The topological polar surface area (TPSA) is 55.7 Å². The number of benzene rings is 1. The van der Waals surface area contributed by atoms with E-state index in [1.54, 1.807) is 18.2 Å². The zero-order valence-electron chi connectivity index (χ0n) is 12.7. The van der Waals surface area contributed by atoms with Crippen molar-refractivity contribution < 1.29 is 12.6 Å². The molecule has 0 unspecified atom stereocenters. The van der Waals surface area contributed by atoms with Gasteiger partial charge in [0, 0.05) is 11.6 Å². The predicted octanol–water partition coefficient (Wildman–Crippen LogP) is 4.09. The molecule has 0 bridgehead atoms. The molecule has 0 aromatic heterocycles. The highest BCUT2D eigenvalue weighted by atomic mass is 32.2. The lowest BCUT2D eigenvalue weighted by molar-refractivity contribution is 0.441. The van der Waals surface area contributed by atoms with Crippen LogP contribution in [0.3, 0.4) is 0 Å². The standard InChI is InChI=1S/C16H21NO3S/c1-4-5-6-7-10-20-21(18,19)13-8-9-15-14(11-13)16(2,3)12-17-15/h7-12H,4-6H2,1-3H3. The fourth-order valence-corrected chi connectivity index (χ4v) is 2.99. The monoisotopic (exact) mass is 307 g/mol. The Bertz CT molecular complexity index is 673. The molecule has 0 amide bonds. The van der Waals surface area contributed by atoms with Crippen LogP contribution < -0.4 is 0 Å². The summed E-state index contributed by atoms with van der Waals surface area (Å²) in [4.78, 5) is 4.46. The summed E-state index contributed by atoms with van der Waals surface area (Å²) in [7, 11) is -3.76. The van der Waals surface area contributed by atoms with Gasteiger partial charge in [0.25, 0.3) is 0 Å². The maximum Gasteiger partial charge on any atom is 0.338 e. The summed E-state index contributed by atoms with van der Waals surface area (Å²) in [5.74, 6) is 0. The summed E-state index contributed by atoms with van der Waals surface area (Å²) in [5, 5.41) is 0. The fourth-order valence-electron chi connectivity index (χ4n) is 2.16. The van der Waals surface area contributed by atoms with Gasteiger partial charge < -0.3 is 4.18 Å². The second-order valence-electron chi connectivity index (χ2n) is 5.72. The molecule has 0 radical (unpaired) electrons. The molecule has 0 saturated heterocycles. The summed E-state index contributed by atoms with van der Waals surface area (Å²) < 4.78 is 29.3. The van der Waals surface area contributed by atoms with Crippen molar-refractivity contribution in [2.45, 2.75) is 50.3 Å². The Morgan fingerprint density at radius 2 is 2.10 bits per heavy atom. The molecular formula is C16H21NO3S. The van der Waals surface area contributed by atoms with Gasteiger partial charge in [0.05, 0.1) is 5.69 Å². The molecule has 5 heteroatoms. The fraction of sp³-hybridized carbons (Fsp3) is 0.438. The zero-order valence-corrected chi connectivity index (χ0v) is 13.5. The van der Waals surface area contributed by atoms with Crippen LogP contribution in [0, 0.1) is 0 Å². The van der Waals surface area contributed by atoms with E-state index in [2.05, 4.69) is 11.9 Å². The molecule has 1 heterocycles. The maximum absolute atomic E-state index is 12.2. The number of rotatable bonds is 6. The van der Waals surface area contributed by atoms with Gasteiger partial charge in [-0.15, -0.1) is 0 Å². The minimum atomic E-state index is -3.76. The van der Waals surface area contributed by atoms with E-state index in [9.17, 15) is 8.42 Å². The SMILES string of the molecule is CCCCC=COS(=O)(=O)c1ccc2c(c1)C(C)(C)C=N2. The van der Waals surface area contributed by atoms with Gasteiger partial charge in [-0.1, -0.05) is 27.2 Å². The molecule has 4 nitrogen and oxygen atoms in total. The number of nitrogens with zero attached hydrogens (tertiary/aromatic N) is 1. The molecular weight excluding hydrogens is 286 g/mol. The first-order valence-electron chi connectivity index (χ1n) is 7.15. The van der Waals surface area contributed by atoms with Gasteiger partial charge in [0.1, 0.15) is 11.2 Å². The molecule has 2 rings (SSSR count). The molecule has 1 aliphatic heterocycles. The highest BCUT2D eigenvalue weighted by molar-refractivity contribution is 7.86. The normalized spacial score (nSPS) is 16.3. The number of allylic oxidation sites excluding steroid dienone is 1. The molecule has 0 spiro atoms. The number of unbranched alkanes of at least 4 members (excludes halogenated alkanes) is 2. The van der Waals surface area contributed by atoms with Crippen molar-refractivity contribution >= 4 is 22.0 Å². The Balaban J connectivity index is 2.17. The first-order valence-corrected chi connectivity index (χ1v) is 8.56. The third-order valence-electron chi connectivity index (χ3n) is 3.48. The van der Waals surface area contributed by atoms with Crippen molar-refractivity contribution in [3.8, 4) is 0 Å². The Morgan fingerprint density at radius 1 is 1.33 bits per heavy atom. The van der Waals surface area contributed by atoms with Crippen LogP contribution in [0.4, 0.5) is 5.69 Å². The van der Waals surface area contributed by atoms with E-state index in [0.717, 1.165) is 30.5 Å². The summed E-state index contributed by atoms with van der Waals surface area (Å²) >= 11 is 0. The first kappa shape index (κ1) is 15.8. The smallest absolute Gasteiger partial charge is 0.338 e. The van der Waals surface area contributed by atoms with Gasteiger partial charge in [-0.3, -0.25) is 4.99 Å². The van der Waals surface area contributed by atoms with Gasteiger partial charge in [-0.25, -0.2) is 0 Å². The number of hydrogen-bond acceptors (Lipinski definition) is 4. The van der Waals surface area contributed by atoms with Gasteiger partial charge in [0.15, 0.2) is 0 Å². The van der Waals surface area contributed by atoms with Crippen LogP contribution in [0.2, 0.25) is 0 Å². The molecule has 0 atom stereocenters. The second kappa shape index (κ2) is 6.02. The Morgan fingerprint density at radius 3 is 2.81 bits per heavy atom. The van der Waals surface area contributed by atoms with Crippen molar-refractivity contribution in [1.82, 2.24) is 0 Å². The summed E-state index contributed by atoms with van der Waals surface area (Å²) in [6, 6.07) is 4.90. The third kappa shape index (κ3) is 3.53. The Labute approximate surface area is 126 Å². The molecule has 114 valence electrons.